The summed E-state index contributed by atoms with van der Waals surface area (Å²) in [5.41, 5.74) is 1.51. The molecule has 0 bridgehead atoms. The van der Waals surface area contributed by atoms with Crippen LogP contribution in [0.4, 0.5) is 5.69 Å². The van der Waals surface area contributed by atoms with Crippen LogP contribution in [-0.4, -0.2) is 66.8 Å². The van der Waals surface area contributed by atoms with Crippen molar-refractivity contribution in [2.75, 3.05) is 44.2 Å². The van der Waals surface area contributed by atoms with E-state index in [4.69, 9.17) is 0 Å². The molecular weight excluding hydrogens is 350 g/mol. The second-order valence-corrected chi connectivity index (χ2v) is 8.53. The summed E-state index contributed by atoms with van der Waals surface area (Å²) < 4.78 is 0. The van der Waals surface area contributed by atoms with Crippen molar-refractivity contribution in [3.8, 4) is 0 Å². The molecule has 0 N–H and O–H groups in total. The van der Waals surface area contributed by atoms with Gasteiger partial charge in [-0.25, -0.2) is 0 Å². The van der Waals surface area contributed by atoms with Crippen LogP contribution in [0.2, 0.25) is 0 Å². The Hall–Kier alpha value is -1.72. The normalized spacial score (nSPS) is 24.4. The molecule has 1 unspecified atom stereocenters. The molecule has 5 nitrogen and oxygen atoms in total. The van der Waals surface area contributed by atoms with Crippen LogP contribution in [0, 0.1) is 0 Å². The molecule has 1 atom stereocenters. The fourth-order valence-corrected chi connectivity index (χ4v) is 5.07. The van der Waals surface area contributed by atoms with Crippen LogP contribution in [0.3, 0.4) is 0 Å². The number of fused-ring (bicyclic) bond motifs is 2. The maximum Gasteiger partial charge on any atom is 0.227 e. The summed E-state index contributed by atoms with van der Waals surface area (Å²) in [5.74, 6) is 0.180. The summed E-state index contributed by atoms with van der Waals surface area (Å²) in [6.45, 7) is 6.79. The maximum atomic E-state index is 12.6. The summed E-state index contributed by atoms with van der Waals surface area (Å²) in [6, 6.07) is 8.34. The lowest BCUT2D eigenvalue weighted by Gasteiger charge is -2.35. The Labute approximate surface area is 168 Å². The molecule has 2 fully saturated rings. The van der Waals surface area contributed by atoms with Gasteiger partial charge in [-0.15, -0.1) is 0 Å². The van der Waals surface area contributed by atoms with Gasteiger partial charge in [0, 0.05) is 37.5 Å². The molecule has 5 heteroatoms. The van der Waals surface area contributed by atoms with Crippen molar-refractivity contribution < 1.29 is 9.59 Å². The highest BCUT2D eigenvalue weighted by atomic mass is 16.2. The van der Waals surface area contributed by atoms with E-state index in [1.165, 1.54) is 51.9 Å². The molecule has 0 aliphatic carbocycles. The van der Waals surface area contributed by atoms with E-state index >= 15 is 0 Å². The van der Waals surface area contributed by atoms with Gasteiger partial charge in [-0.05, 0) is 70.4 Å². The van der Waals surface area contributed by atoms with E-state index in [-0.39, 0.29) is 11.7 Å². The van der Waals surface area contributed by atoms with Crippen LogP contribution < -0.4 is 4.90 Å². The van der Waals surface area contributed by atoms with Crippen LogP contribution in [-0.2, 0) is 4.79 Å². The zero-order valence-corrected chi connectivity index (χ0v) is 16.9. The Kier molecular flexibility index (Phi) is 6.43. The number of anilines is 1. The van der Waals surface area contributed by atoms with Gasteiger partial charge in [-0.2, -0.15) is 0 Å². The van der Waals surface area contributed by atoms with Crippen LogP contribution in [0.25, 0.3) is 0 Å². The van der Waals surface area contributed by atoms with Gasteiger partial charge in [0.05, 0.1) is 5.69 Å². The van der Waals surface area contributed by atoms with E-state index in [1.807, 2.05) is 29.2 Å². The highest BCUT2D eigenvalue weighted by molar-refractivity contribution is 6.09. The standard InChI is InChI=1S/C23H33N3O2/c27-22-11-12-23(28)26(21-10-2-1-9-20(21)22)17-6-5-13-24-14-7-16-25-15-4-3-8-19(25)18-24/h1-2,9-10,19H,3-8,11-18H2. The largest absolute Gasteiger partial charge is 0.312 e. The first-order valence-corrected chi connectivity index (χ1v) is 11.1. The van der Waals surface area contributed by atoms with Crippen molar-refractivity contribution in [1.29, 1.82) is 0 Å². The van der Waals surface area contributed by atoms with Crippen molar-refractivity contribution in [2.24, 2.45) is 0 Å². The van der Waals surface area contributed by atoms with Crippen LogP contribution in [0.1, 0.15) is 61.7 Å². The molecule has 0 radical (unpaired) electrons. The van der Waals surface area contributed by atoms with E-state index in [9.17, 15) is 9.59 Å². The van der Waals surface area contributed by atoms with Crippen molar-refractivity contribution in [2.45, 2.75) is 57.4 Å². The lowest BCUT2D eigenvalue weighted by Crippen LogP contribution is -2.44. The second-order valence-electron chi connectivity index (χ2n) is 8.53. The number of rotatable bonds is 5. The molecule has 1 amide bonds. The number of hydrogen-bond donors (Lipinski definition) is 0. The minimum absolute atomic E-state index is 0.0888. The molecule has 3 heterocycles. The number of Topliss-reactive ketones (excluding diaryl/α,β-unsaturated/α-hetero) is 1. The van der Waals surface area contributed by atoms with Gasteiger partial charge in [0.2, 0.25) is 5.91 Å². The minimum Gasteiger partial charge on any atom is -0.312 e. The minimum atomic E-state index is 0.0888. The Morgan fingerprint density at radius 3 is 2.64 bits per heavy atom. The van der Waals surface area contributed by atoms with Crippen LogP contribution in [0.15, 0.2) is 24.3 Å². The third-order valence-electron chi connectivity index (χ3n) is 6.61. The van der Waals surface area contributed by atoms with Gasteiger partial charge in [-0.3, -0.25) is 14.5 Å². The third kappa shape index (κ3) is 4.47. The predicted octanol–water partition coefficient (Wildman–Crippen LogP) is 3.34. The monoisotopic (exact) mass is 383 g/mol. The number of hydrogen-bond acceptors (Lipinski definition) is 4. The fraction of sp³-hybridized carbons (Fsp3) is 0.652. The number of para-hydroxylation sites is 1. The summed E-state index contributed by atoms with van der Waals surface area (Å²) in [6.07, 6.45) is 8.12. The molecule has 3 aliphatic rings. The van der Waals surface area contributed by atoms with Gasteiger partial charge < -0.3 is 9.80 Å². The molecule has 1 aromatic carbocycles. The number of amides is 1. The summed E-state index contributed by atoms with van der Waals surface area (Å²) in [4.78, 5) is 32.1. The highest BCUT2D eigenvalue weighted by Crippen LogP contribution is 2.27. The molecule has 3 aliphatic heterocycles. The number of nitrogens with zero attached hydrogens (tertiary/aromatic N) is 3. The van der Waals surface area contributed by atoms with Crippen molar-refractivity contribution in [3.05, 3.63) is 29.8 Å². The summed E-state index contributed by atoms with van der Waals surface area (Å²) >= 11 is 0. The Bertz CT molecular complexity index is 705. The van der Waals surface area contributed by atoms with Crippen molar-refractivity contribution >= 4 is 17.4 Å². The van der Waals surface area contributed by atoms with E-state index in [0.29, 0.717) is 24.9 Å². The van der Waals surface area contributed by atoms with Crippen molar-refractivity contribution in [3.63, 3.8) is 0 Å². The lowest BCUT2D eigenvalue weighted by atomic mass is 10.0. The number of carbonyl (C=O) groups is 2. The number of benzene rings is 1. The molecule has 0 aromatic heterocycles. The predicted molar refractivity (Wildman–Crippen MR) is 112 cm³/mol. The molecule has 0 spiro atoms. The van der Waals surface area contributed by atoms with Gasteiger partial charge in [0.1, 0.15) is 0 Å². The molecule has 1 aromatic rings. The maximum absolute atomic E-state index is 12.6. The summed E-state index contributed by atoms with van der Waals surface area (Å²) in [7, 11) is 0. The Morgan fingerprint density at radius 1 is 0.893 bits per heavy atom. The summed E-state index contributed by atoms with van der Waals surface area (Å²) in [5, 5.41) is 0. The fourth-order valence-electron chi connectivity index (χ4n) is 5.07. The van der Waals surface area contributed by atoms with Gasteiger partial charge in [0.25, 0.3) is 0 Å². The molecule has 0 saturated carbocycles. The van der Waals surface area contributed by atoms with E-state index < -0.39 is 0 Å². The zero-order valence-electron chi connectivity index (χ0n) is 16.9. The molecule has 28 heavy (non-hydrogen) atoms. The van der Waals surface area contributed by atoms with Crippen molar-refractivity contribution in [1.82, 2.24) is 9.80 Å². The van der Waals surface area contributed by atoms with Crippen LogP contribution >= 0.6 is 0 Å². The molecule has 152 valence electrons. The Morgan fingerprint density at radius 2 is 1.71 bits per heavy atom. The average Bonchev–Trinajstić information content (AvgIpc) is 2.99. The number of ketones is 1. The van der Waals surface area contributed by atoms with Gasteiger partial charge in [-0.1, -0.05) is 18.6 Å². The van der Waals surface area contributed by atoms with E-state index in [2.05, 4.69) is 9.80 Å². The molecule has 2 saturated heterocycles. The first-order chi connectivity index (χ1) is 13.7. The number of unbranched alkanes of at least 4 members (excludes halogenated alkanes) is 1. The topological polar surface area (TPSA) is 43.9 Å². The lowest BCUT2D eigenvalue weighted by molar-refractivity contribution is -0.118. The highest BCUT2D eigenvalue weighted by Gasteiger charge is 2.28. The number of piperidine rings is 1. The number of carbonyl (C=O) groups excluding carboxylic acids is 2. The second kappa shape index (κ2) is 9.19. The average molecular weight is 384 g/mol. The first-order valence-electron chi connectivity index (χ1n) is 11.1. The molecule has 4 rings (SSSR count). The zero-order chi connectivity index (χ0) is 19.3. The Balaban J connectivity index is 1.30. The van der Waals surface area contributed by atoms with E-state index in [0.717, 1.165) is 31.1 Å². The first kappa shape index (κ1) is 19.6. The SMILES string of the molecule is O=C1CCC(=O)N(CCCCN2CCCN3CCCCC3C2)c2ccccc21. The van der Waals surface area contributed by atoms with Crippen LogP contribution in [0.5, 0.6) is 0 Å². The third-order valence-corrected chi connectivity index (χ3v) is 6.61. The smallest absolute Gasteiger partial charge is 0.227 e. The molecular formula is C23H33N3O2. The quantitative estimate of drug-likeness (QED) is 0.732. The van der Waals surface area contributed by atoms with Gasteiger partial charge >= 0.3 is 0 Å². The van der Waals surface area contributed by atoms with E-state index in [1.54, 1.807) is 0 Å². The van der Waals surface area contributed by atoms with Gasteiger partial charge in [0.15, 0.2) is 5.78 Å².